The Bertz CT molecular complexity index is 1220. The zero-order chi connectivity index (χ0) is 24.8. The number of amides is 1. The molecule has 0 N–H and O–H groups in total. The summed E-state index contributed by atoms with van der Waals surface area (Å²) in [7, 11) is 0. The fourth-order valence-electron chi connectivity index (χ4n) is 3.89. The van der Waals surface area contributed by atoms with Gasteiger partial charge in [-0.05, 0) is 41.3 Å². The van der Waals surface area contributed by atoms with Gasteiger partial charge in [-0.2, -0.15) is 0 Å². The molecule has 2 aromatic carbocycles. The van der Waals surface area contributed by atoms with Gasteiger partial charge < -0.3 is 9.80 Å². The second kappa shape index (κ2) is 11.1. The van der Waals surface area contributed by atoms with Gasteiger partial charge in [0.15, 0.2) is 0 Å². The Morgan fingerprint density at radius 3 is 2.43 bits per heavy atom. The second-order valence-corrected chi connectivity index (χ2v) is 9.56. The number of anilines is 1. The minimum atomic E-state index is -0.371. The quantitative estimate of drug-likeness (QED) is 0.261. The Morgan fingerprint density at radius 1 is 1.03 bits per heavy atom. The van der Waals surface area contributed by atoms with Gasteiger partial charge in [0, 0.05) is 55.6 Å². The normalized spacial score (nSPS) is 14.0. The fourth-order valence-corrected chi connectivity index (χ4v) is 5.07. The van der Waals surface area contributed by atoms with Crippen LogP contribution in [-0.4, -0.2) is 51.9 Å². The summed E-state index contributed by atoms with van der Waals surface area (Å²) in [5.74, 6) is 0.857. The smallest absolute Gasteiger partial charge is 0.283 e. The Morgan fingerprint density at radius 2 is 1.74 bits per heavy atom. The van der Waals surface area contributed by atoms with E-state index < -0.39 is 0 Å². The van der Waals surface area contributed by atoms with Gasteiger partial charge in [-0.25, -0.2) is 9.97 Å². The average Bonchev–Trinajstić information content (AvgIpc) is 2.88. The lowest BCUT2D eigenvalue weighted by molar-refractivity contribution is -0.387. The highest BCUT2D eigenvalue weighted by Crippen LogP contribution is 2.39. The molecule has 2 heterocycles. The molecule has 0 saturated carbocycles. The fraction of sp³-hybridized carbons (Fsp3) is 0.269. The van der Waals surface area contributed by atoms with Crippen LogP contribution in [0.15, 0.2) is 76.8 Å². The van der Waals surface area contributed by atoms with Crippen molar-refractivity contribution in [3.05, 3.63) is 88.2 Å². The number of carbonyl (C=O) groups excluding carboxylic acids is 1. The van der Waals surface area contributed by atoms with Crippen molar-refractivity contribution in [3.8, 4) is 0 Å². The maximum absolute atomic E-state index is 12.7. The summed E-state index contributed by atoms with van der Waals surface area (Å²) in [5, 5.41) is 11.8. The molecular formula is C26H27N5O3S. The number of benzene rings is 2. The standard InChI is InChI=1S/C26H27N5O3S/c1-19(2)21-6-3-4-7-23(21)35-24-10-8-20(18-22(24)31(33)34)9-11-25(32)29-14-16-30(17-15-29)26-27-12-5-13-28-26/h3-13,18-19H,14-17H2,1-2H3/b11-9+. The molecule has 1 aliphatic rings. The lowest BCUT2D eigenvalue weighted by atomic mass is 10.0. The first kappa shape index (κ1) is 24.4. The molecule has 1 aromatic heterocycles. The molecule has 9 heteroatoms. The van der Waals surface area contributed by atoms with E-state index in [9.17, 15) is 14.9 Å². The van der Waals surface area contributed by atoms with Crippen molar-refractivity contribution in [1.29, 1.82) is 0 Å². The van der Waals surface area contributed by atoms with Crippen molar-refractivity contribution in [1.82, 2.24) is 14.9 Å². The van der Waals surface area contributed by atoms with Crippen LogP contribution in [0, 0.1) is 10.1 Å². The molecule has 1 saturated heterocycles. The predicted octanol–water partition coefficient (Wildman–Crippen LogP) is 5.02. The molecule has 0 aliphatic carbocycles. The summed E-state index contributed by atoms with van der Waals surface area (Å²) >= 11 is 1.40. The topological polar surface area (TPSA) is 92.5 Å². The van der Waals surface area contributed by atoms with E-state index in [4.69, 9.17) is 0 Å². The Hall–Kier alpha value is -3.72. The van der Waals surface area contributed by atoms with Crippen LogP contribution in [0.3, 0.4) is 0 Å². The van der Waals surface area contributed by atoms with Crippen LogP contribution < -0.4 is 4.90 Å². The maximum Gasteiger partial charge on any atom is 0.283 e. The number of nitro groups is 1. The van der Waals surface area contributed by atoms with Gasteiger partial charge in [0.1, 0.15) is 0 Å². The van der Waals surface area contributed by atoms with Crippen LogP contribution in [0.2, 0.25) is 0 Å². The minimum absolute atomic E-state index is 0.0274. The molecule has 0 spiro atoms. The van der Waals surface area contributed by atoms with Crippen molar-refractivity contribution in [2.24, 2.45) is 0 Å². The number of aromatic nitrogens is 2. The summed E-state index contributed by atoms with van der Waals surface area (Å²) < 4.78 is 0. The van der Waals surface area contributed by atoms with Crippen molar-refractivity contribution < 1.29 is 9.72 Å². The molecular weight excluding hydrogens is 462 g/mol. The minimum Gasteiger partial charge on any atom is -0.337 e. The van der Waals surface area contributed by atoms with Gasteiger partial charge in [-0.3, -0.25) is 14.9 Å². The molecule has 0 radical (unpaired) electrons. The van der Waals surface area contributed by atoms with Crippen molar-refractivity contribution >= 4 is 35.4 Å². The number of rotatable bonds is 7. The van der Waals surface area contributed by atoms with E-state index >= 15 is 0 Å². The highest BCUT2D eigenvalue weighted by Gasteiger charge is 2.21. The molecule has 1 aliphatic heterocycles. The summed E-state index contributed by atoms with van der Waals surface area (Å²) in [6, 6.07) is 14.8. The molecule has 8 nitrogen and oxygen atoms in total. The third-order valence-electron chi connectivity index (χ3n) is 5.79. The predicted molar refractivity (Wildman–Crippen MR) is 138 cm³/mol. The van der Waals surface area contributed by atoms with E-state index in [2.05, 4.69) is 23.8 Å². The van der Waals surface area contributed by atoms with Crippen LogP contribution >= 0.6 is 11.8 Å². The highest BCUT2D eigenvalue weighted by atomic mass is 32.2. The summed E-state index contributed by atoms with van der Waals surface area (Å²) in [4.78, 5) is 38.0. The third-order valence-corrected chi connectivity index (χ3v) is 6.94. The Kier molecular flexibility index (Phi) is 7.77. The monoisotopic (exact) mass is 489 g/mol. The number of nitrogens with zero attached hydrogens (tertiary/aromatic N) is 5. The number of nitro benzene ring substituents is 1. The van der Waals surface area contributed by atoms with Crippen LogP contribution in [0.25, 0.3) is 6.08 Å². The van der Waals surface area contributed by atoms with Crippen LogP contribution in [0.5, 0.6) is 0 Å². The van der Waals surface area contributed by atoms with Crippen LogP contribution in [-0.2, 0) is 4.79 Å². The summed E-state index contributed by atoms with van der Waals surface area (Å²) in [6.45, 7) is 6.64. The van der Waals surface area contributed by atoms with E-state index in [-0.39, 0.29) is 16.5 Å². The van der Waals surface area contributed by atoms with Crippen molar-refractivity contribution in [2.75, 3.05) is 31.1 Å². The van der Waals surface area contributed by atoms with Gasteiger partial charge in [-0.15, -0.1) is 0 Å². The molecule has 1 fully saturated rings. The molecule has 1 amide bonds. The first-order valence-corrected chi connectivity index (χ1v) is 12.3. The molecule has 0 atom stereocenters. The molecule has 4 rings (SSSR count). The summed E-state index contributed by atoms with van der Waals surface area (Å²) in [5.41, 5.74) is 1.79. The van der Waals surface area contributed by atoms with E-state index in [0.29, 0.717) is 48.5 Å². The molecule has 35 heavy (non-hydrogen) atoms. The average molecular weight is 490 g/mol. The van der Waals surface area contributed by atoms with Crippen molar-refractivity contribution in [2.45, 2.75) is 29.6 Å². The van der Waals surface area contributed by atoms with Gasteiger partial charge in [-0.1, -0.05) is 49.9 Å². The largest absolute Gasteiger partial charge is 0.337 e. The molecule has 3 aromatic rings. The highest BCUT2D eigenvalue weighted by molar-refractivity contribution is 7.99. The zero-order valence-corrected chi connectivity index (χ0v) is 20.5. The number of hydrogen-bond acceptors (Lipinski definition) is 7. The van der Waals surface area contributed by atoms with Crippen LogP contribution in [0.1, 0.15) is 30.9 Å². The first-order valence-electron chi connectivity index (χ1n) is 11.5. The van der Waals surface area contributed by atoms with E-state index in [1.54, 1.807) is 35.5 Å². The molecule has 0 unspecified atom stereocenters. The summed E-state index contributed by atoms with van der Waals surface area (Å²) in [6.07, 6.45) is 6.52. The van der Waals surface area contributed by atoms with Crippen LogP contribution in [0.4, 0.5) is 11.6 Å². The third kappa shape index (κ3) is 6.05. The second-order valence-electron chi connectivity index (χ2n) is 8.47. The Balaban J connectivity index is 1.43. The number of carbonyl (C=O) groups is 1. The lowest BCUT2D eigenvalue weighted by Crippen LogP contribution is -2.48. The van der Waals surface area contributed by atoms with Crippen molar-refractivity contribution in [3.63, 3.8) is 0 Å². The van der Waals surface area contributed by atoms with Gasteiger partial charge in [0.25, 0.3) is 5.69 Å². The van der Waals surface area contributed by atoms with E-state index in [1.807, 2.05) is 35.2 Å². The maximum atomic E-state index is 12.7. The lowest BCUT2D eigenvalue weighted by Gasteiger charge is -2.34. The van der Waals surface area contributed by atoms with Gasteiger partial charge in [0.2, 0.25) is 11.9 Å². The Labute approximate surface area is 208 Å². The SMILES string of the molecule is CC(C)c1ccccc1Sc1ccc(/C=C/C(=O)N2CCN(c3ncccn3)CC2)cc1[N+](=O)[O-]. The number of piperazine rings is 1. The molecule has 180 valence electrons. The van der Waals surface area contributed by atoms with Gasteiger partial charge >= 0.3 is 0 Å². The molecule has 0 bridgehead atoms. The van der Waals surface area contributed by atoms with Gasteiger partial charge in [0.05, 0.1) is 9.82 Å². The van der Waals surface area contributed by atoms with E-state index in [0.717, 1.165) is 10.5 Å². The first-order chi connectivity index (χ1) is 16.9. The van der Waals surface area contributed by atoms with E-state index in [1.165, 1.54) is 23.9 Å². The number of hydrogen-bond donors (Lipinski definition) is 0. The zero-order valence-electron chi connectivity index (χ0n) is 19.7.